The molecule has 0 unspecified atom stereocenters. The third-order valence-electron chi connectivity index (χ3n) is 1.09. The first-order valence-electron chi connectivity index (χ1n) is 5.76. The van der Waals surface area contributed by atoms with Gasteiger partial charge in [0.15, 0.2) is 0 Å². The molecule has 0 rings (SSSR count). The van der Waals surface area contributed by atoms with Crippen LogP contribution in [0.5, 0.6) is 0 Å². The van der Waals surface area contributed by atoms with Crippen LogP contribution in [0, 0.1) is 0 Å². The lowest BCUT2D eigenvalue weighted by Crippen LogP contribution is -2.20. The van der Waals surface area contributed by atoms with Crippen molar-refractivity contribution in [3.05, 3.63) is 12.2 Å². The van der Waals surface area contributed by atoms with Crippen molar-refractivity contribution < 1.29 is 4.79 Å². The summed E-state index contributed by atoms with van der Waals surface area (Å²) in [6.45, 7) is 11.4. The zero-order valence-corrected chi connectivity index (χ0v) is 11.4. The first-order chi connectivity index (χ1) is 7.16. The number of likely N-dealkylation sites (N-methyl/N-ethyl adjacent to an activating group) is 2. The van der Waals surface area contributed by atoms with Crippen LogP contribution in [0.2, 0.25) is 0 Å². The molecule has 3 heteroatoms. The Morgan fingerprint density at radius 3 is 2.00 bits per heavy atom. The second-order valence-electron chi connectivity index (χ2n) is 2.56. The van der Waals surface area contributed by atoms with E-state index in [-0.39, 0.29) is 5.91 Å². The maximum absolute atomic E-state index is 10.8. The molecule has 0 heterocycles. The van der Waals surface area contributed by atoms with Crippen molar-refractivity contribution in [1.82, 2.24) is 10.2 Å². The van der Waals surface area contributed by atoms with E-state index in [1.54, 1.807) is 6.08 Å². The zero-order valence-electron chi connectivity index (χ0n) is 11.4. The summed E-state index contributed by atoms with van der Waals surface area (Å²) in [5.41, 5.74) is 0. The summed E-state index contributed by atoms with van der Waals surface area (Å²) in [6, 6.07) is 0. The summed E-state index contributed by atoms with van der Waals surface area (Å²) in [4.78, 5) is 12.8. The summed E-state index contributed by atoms with van der Waals surface area (Å²) in [7, 11) is 3.92. The smallest absolute Gasteiger partial charge is 0.243 e. The number of hydrogen-bond acceptors (Lipinski definition) is 2. The SMILES string of the molecule is CC.CC.CCNC(=O)/C=C/CN(C)C. The molecular weight excluding hydrogens is 188 g/mol. The van der Waals surface area contributed by atoms with E-state index in [2.05, 4.69) is 5.32 Å². The monoisotopic (exact) mass is 216 g/mol. The summed E-state index contributed by atoms with van der Waals surface area (Å²) in [5.74, 6) is -0.0191. The third kappa shape index (κ3) is 24.6. The molecule has 0 saturated heterocycles. The highest BCUT2D eigenvalue weighted by atomic mass is 16.1. The lowest BCUT2D eigenvalue weighted by atomic mass is 10.4. The minimum absolute atomic E-state index is 0.0191. The van der Waals surface area contributed by atoms with Crippen LogP contribution in [0.15, 0.2) is 12.2 Å². The molecule has 0 radical (unpaired) electrons. The number of carbonyl (C=O) groups is 1. The largest absolute Gasteiger partial charge is 0.353 e. The van der Waals surface area contributed by atoms with Crippen molar-refractivity contribution in [2.45, 2.75) is 34.6 Å². The van der Waals surface area contributed by atoms with E-state index in [1.807, 2.05) is 59.7 Å². The minimum Gasteiger partial charge on any atom is -0.353 e. The molecule has 0 aromatic heterocycles. The molecule has 0 aromatic rings. The van der Waals surface area contributed by atoms with Crippen LogP contribution in [-0.2, 0) is 4.79 Å². The fourth-order valence-electron chi connectivity index (χ4n) is 0.604. The standard InChI is InChI=1S/C8H16N2O.2C2H6/c1-4-9-8(11)6-5-7-10(2)3;2*1-2/h5-6H,4,7H2,1-3H3,(H,9,11);2*1-2H3/b6-5+;;. The summed E-state index contributed by atoms with van der Waals surface area (Å²) in [6.07, 6.45) is 3.40. The molecule has 0 aliphatic rings. The Morgan fingerprint density at radius 1 is 1.20 bits per heavy atom. The predicted octanol–water partition coefficient (Wildman–Crippen LogP) is 2.29. The van der Waals surface area contributed by atoms with E-state index in [4.69, 9.17) is 0 Å². The molecule has 0 bridgehead atoms. The first kappa shape index (κ1) is 19.7. The average Bonchev–Trinajstić information content (AvgIpc) is 2.23. The summed E-state index contributed by atoms with van der Waals surface area (Å²) in [5, 5.41) is 2.67. The third-order valence-corrected chi connectivity index (χ3v) is 1.09. The van der Waals surface area contributed by atoms with Gasteiger partial charge in [0.05, 0.1) is 0 Å². The van der Waals surface area contributed by atoms with Crippen LogP contribution in [-0.4, -0.2) is 38.0 Å². The Morgan fingerprint density at radius 2 is 1.67 bits per heavy atom. The van der Waals surface area contributed by atoms with Crippen molar-refractivity contribution in [2.24, 2.45) is 0 Å². The number of hydrogen-bond donors (Lipinski definition) is 1. The summed E-state index contributed by atoms with van der Waals surface area (Å²) >= 11 is 0. The molecule has 0 saturated carbocycles. The van der Waals surface area contributed by atoms with Gasteiger partial charge in [0.1, 0.15) is 0 Å². The second kappa shape index (κ2) is 18.9. The van der Waals surface area contributed by atoms with E-state index in [9.17, 15) is 4.79 Å². The van der Waals surface area contributed by atoms with E-state index in [1.165, 1.54) is 0 Å². The Hall–Kier alpha value is -0.830. The van der Waals surface area contributed by atoms with Gasteiger partial charge in [-0.1, -0.05) is 33.8 Å². The molecule has 0 spiro atoms. The number of amides is 1. The fraction of sp³-hybridized carbons (Fsp3) is 0.750. The van der Waals surface area contributed by atoms with Crippen molar-refractivity contribution in [3.8, 4) is 0 Å². The Labute approximate surface area is 95.5 Å². The number of rotatable bonds is 4. The quantitative estimate of drug-likeness (QED) is 0.731. The van der Waals surface area contributed by atoms with Gasteiger partial charge in [0.2, 0.25) is 5.91 Å². The Balaban J connectivity index is -0.000000318. The number of carbonyl (C=O) groups excluding carboxylic acids is 1. The van der Waals surface area contributed by atoms with Crippen molar-refractivity contribution in [2.75, 3.05) is 27.2 Å². The van der Waals surface area contributed by atoms with Gasteiger partial charge in [0, 0.05) is 19.2 Å². The van der Waals surface area contributed by atoms with E-state index >= 15 is 0 Å². The fourth-order valence-corrected chi connectivity index (χ4v) is 0.604. The molecule has 1 amide bonds. The topological polar surface area (TPSA) is 32.3 Å². The number of nitrogens with one attached hydrogen (secondary N) is 1. The van der Waals surface area contributed by atoms with Crippen LogP contribution >= 0.6 is 0 Å². The van der Waals surface area contributed by atoms with E-state index < -0.39 is 0 Å². The van der Waals surface area contributed by atoms with Crippen molar-refractivity contribution in [3.63, 3.8) is 0 Å². The van der Waals surface area contributed by atoms with Gasteiger partial charge in [0.25, 0.3) is 0 Å². The van der Waals surface area contributed by atoms with Gasteiger partial charge in [-0.3, -0.25) is 4.79 Å². The lowest BCUT2D eigenvalue weighted by molar-refractivity contribution is -0.116. The van der Waals surface area contributed by atoms with Crippen LogP contribution in [0.25, 0.3) is 0 Å². The molecule has 3 nitrogen and oxygen atoms in total. The summed E-state index contributed by atoms with van der Waals surface area (Å²) < 4.78 is 0. The molecule has 0 aliphatic carbocycles. The minimum atomic E-state index is -0.0191. The average molecular weight is 216 g/mol. The molecule has 15 heavy (non-hydrogen) atoms. The van der Waals surface area contributed by atoms with Gasteiger partial charge < -0.3 is 10.2 Å². The van der Waals surface area contributed by atoms with Gasteiger partial charge in [-0.25, -0.2) is 0 Å². The molecule has 92 valence electrons. The van der Waals surface area contributed by atoms with Crippen LogP contribution in [0.1, 0.15) is 34.6 Å². The van der Waals surface area contributed by atoms with Crippen molar-refractivity contribution >= 4 is 5.91 Å². The van der Waals surface area contributed by atoms with Crippen molar-refractivity contribution in [1.29, 1.82) is 0 Å². The normalized spacial score (nSPS) is 8.80. The highest BCUT2D eigenvalue weighted by molar-refractivity contribution is 5.87. The van der Waals surface area contributed by atoms with E-state index in [0.717, 1.165) is 6.54 Å². The van der Waals surface area contributed by atoms with Crippen LogP contribution < -0.4 is 5.32 Å². The van der Waals surface area contributed by atoms with E-state index in [0.29, 0.717) is 6.54 Å². The Bertz CT molecular complexity index is 143. The maximum Gasteiger partial charge on any atom is 0.243 e. The Kier molecular flexibility index (Phi) is 24.8. The molecular formula is C12H28N2O. The van der Waals surface area contributed by atoms with Gasteiger partial charge >= 0.3 is 0 Å². The molecule has 1 N–H and O–H groups in total. The predicted molar refractivity (Wildman–Crippen MR) is 69.1 cm³/mol. The first-order valence-corrected chi connectivity index (χ1v) is 5.76. The lowest BCUT2D eigenvalue weighted by Gasteiger charge is -2.03. The highest BCUT2D eigenvalue weighted by Crippen LogP contribution is 1.77. The molecule has 0 aromatic carbocycles. The molecule has 0 aliphatic heterocycles. The molecule has 0 fully saturated rings. The maximum atomic E-state index is 10.8. The number of nitrogens with zero attached hydrogens (tertiary/aromatic N) is 1. The van der Waals surface area contributed by atoms with Crippen LogP contribution in [0.3, 0.4) is 0 Å². The van der Waals surface area contributed by atoms with Gasteiger partial charge in [-0.15, -0.1) is 0 Å². The molecule has 0 atom stereocenters. The van der Waals surface area contributed by atoms with Gasteiger partial charge in [-0.05, 0) is 21.0 Å². The van der Waals surface area contributed by atoms with Crippen LogP contribution in [0.4, 0.5) is 0 Å². The van der Waals surface area contributed by atoms with Gasteiger partial charge in [-0.2, -0.15) is 0 Å². The second-order valence-corrected chi connectivity index (χ2v) is 2.56. The highest BCUT2D eigenvalue weighted by Gasteiger charge is 1.89. The zero-order chi connectivity index (χ0) is 12.7.